The number of aliphatic hydroxyl groups excluding tert-OH is 1. The van der Waals surface area contributed by atoms with Crippen molar-refractivity contribution in [2.24, 2.45) is 0 Å². The third-order valence-electron chi connectivity index (χ3n) is 2.55. The number of nitrogens with one attached hydrogen (secondary N) is 1. The predicted molar refractivity (Wildman–Crippen MR) is 64.5 cm³/mol. The third kappa shape index (κ3) is 4.99. The fraction of sp³-hybridized carbons (Fsp3) is 0.818. The molecular formula is C11H21N3O4. The Hall–Kier alpha value is -1.18. The monoisotopic (exact) mass is 259 g/mol. The molecule has 1 heterocycles. The summed E-state index contributed by atoms with van der Waals surface area (Å²) in [6, 6.07) is 0. The molecule has 0 aromatic rings. The van der Waals surface area contributed by atoms with Crippen molar-refractivity contribution < 1.29 is 19.5 Å². The topological polar surface area (TPSA) is 82.1 Å². The number of carbonyl (C=O) groups excluding carboxylic acids is 2. The summed E-state index contributed by atoms with van der Waals surface area (Å²) in [6.07, 6.45) is 0.319. The van der Waals surface area contributed by atoms with Crippen LogP contribution in [0.5, 0.6) is 0 Å². The number of aliphatic hydroxyl groups is 1. The second-order valence-corrected chi connectivity index (χ2v) is 4.37. The Morgan fingerprint density at radius 3 is 2.83 bits per heavy atom. The summed E-state index contributed by atoms with van der Waals surface area (Å²) < 4.78 is 0. The highest BCUT2D eigenvalue weighted by Crippen LogP contribution is 2.05. The summed E-state index contributed by atoms with van der Waals surface area (Å²) in [4.78, 5) is 29.6. The van der Waals surface area contributed by atoms with E-state index in [-0.39, 0.29) is 31.5 Å². The number of nitrogens with zero attached hydrogens (tertiary/aromatic N) is 2. The second kappa shape index (κ2) is 7.30. The molecule has 0 spiro atoms. The molecule has 0 aromatic heterocycles. The number of amides is 2. The van der Waals surface area contributed by atoms with Crippen molar-refractivity contribution in [3.63, 3.8) is 0 Å². The zero-order valence-electron chi connectivity index (χ0n) is 10.9. The van der Waals surface area contributed by atoms with Gasteiger partial charge in [-0.2, -0.15) is 5.06 Å². The third-order valence-corrected chi connectivity index (χ3v) is 2.55. The van der Waals surface area contributed by atoms with Gasteiger partial charge < -0.3 is 15.3 Å². The maximum Gasteiger partial charge on any atom is 0.239 e. The molecule has 7 nitrogen and oxygen atoms in total. The van der Waals surface area contributed by atoms with Crippen molar-refractivity contribution in [2.75, 3.05) is 39.8 Å². The minimum Gasteiger partial charge on any atom is -0.389 e. The quantitative estimate of drug-likeness (QED) is 0.612. The number of rotatable bonds is 6. The number of hydrogen-bond acceptors (Lipinski definition) is 5. The van der Waals surface area contributed by atoms with Crippen LogP contribution in [0, 0.1) is 0 Å². The number of hydrogen-bond donors (Lipinski definition) is 2. The standard InChI is InChI=1S/C11H21N3O4/c1-3-4-12-10(16)6-13(2)11(17)7-14-5-9(15)8-18-14/h9,15H,3-8H2,1-2H3,(H,12,16). The van der Waals surface area contributed by atoms with Gasteiger partial charge in [0.25, 0.3) is 0 Å². The Labute approximate surface area is 107 Å². The summed E-state index contributed by atoms with van der Waals surface area (Å²) in [5.41, 5.74) is 0. The first kappa shape index (κ1) is 14.9. The van der Waals surface area contributed by atoms with Crippen molar-refractivity contribution in [1.82, 2.24) is 15.3 Å². The smallest absolute Gasteiger partial charge is 0.239 e. The van der Waals surface area contributed by atoms with Crippen LogP contribution in [0.15, 0.2) is 0 Å². The average Bonchev–Trinajstić information content (AvgIpc) is 2.72. The fourth-order valence-corrected chi connectivity index (χ4v) is 1.54. The average molecular weight is 259 g/mol. The van der Waals surface area contributed by atoms with Crippen LogP contribution >= 0.6 is 0 Å². The van der Waals surface area contributed by atoms with Crippen LogP contribution in [0.2, 0.25) is 0 Å². The number of likely N-dealkylation sites (N-methyl/N-ethyl adjacent to an activating group) is 1. The number of hydroxylamine groups is 2. The highest BCUT2D eigenvalue weighted by molar-refractivity contribution is 5.85. The van der Waals surface area contributed by atoms with Crippen molar-refractivity contribution >= 4 is 11.8 Å². The summed E-state index contributed by atoms with van der Waals surface area (Å²) in [6.45, 7) is 3.20. The predicted octanol–water partition coefficient (Wildman–Crippen LogP) is -1.42. The molecule has 1 rings (SSSR count). The van der Waals surface area contributed by atoms with Crippen molar-refractivity contribution in [2.45, 2.75) is 19.4 Å². The van der Waals surface area contributed by atoms with E-state index in [0.717, 1.165) is 6.42 Å². The first-order valence-corrected chi connectivity index (χ1v) is 6.09. The molecule has 1 atom stereocenters. The Morgan fingerprint density at radius 2 is 2.28 bits per heavy atom. The SMILES string of the molecule is CCCNC(=O)CN(C)C(=O)CN1CC(O)CO1. The first-order chi connectivity index (χ1) is 8.52. The molecule has 1 fully saturated rings. The second-order valence-electron chi connectivity index (χ2n) is 4.37. The van der Waals surface area contributed by atoms with Gasteiger partial charge >= 0.3 is 0 Å². The minimum atomic E-state index is -0.545. The zero-order chi connectivity index (χ0) is 13.5. The van der Waals surface area contributed by atoms with E-state index in [4.69, 9.17) is 4.84 Å². The Bertz CT molecular complexity index is 298. The maximum absolute atomic E-state index is 11.8. The number of carbonyl (C=O) groups is 2. The Kier molecular flexibility index (Phi) is 6.03. The fourth-order valence-electron chi connectivity index (χ4n) is 1.54. The molecule has 0 saturated carbocycles. The van der Waals surface area contributed by atoms with E-state index < -0.39 is 6.10 Å². The molecule has 1 unspecified atom stereocenters. The minimum absolute atomic E-state index is 0.0369. The largest absolute Gasteiger partial charge is 0.389 e. The van der Waals surface area contributed by atoms with Crippen LogP contribution < -0.4 is 5.32 Å². The molecule has 18 heavy (non-hydrogen) atoms. The van der Waals surface area contributed by atoms with Gasteiger partial charge in [0.2, 0.25) is 11.8 Å². The Morgan fingerprint density at radius 1 is 1.56 bits per heavy atom. The molecular weight excluding hydrogens is 238 g/mol. The lowest BCUT2D eigenvalue weighted by atomic mass is 10.4. The summed E-state index contributed by atoms with van der Waals surface area (Å²) in [7, 11) is 1.57. The molecule has 0 aromatic carbocycles. The van der Waals surface area contributed by atoms with E-state index in [2.05, 4.69) is 5.32 Å². The van der Waals surface area contributed by atoms with Gasteiger partial charge in [-0.15, -0.1) is 0 Å². The van der Waals surface area contributed by atoms with Crippen LogP contribution in [-0.4, -0.2) is 72.8 Å². The van der Waals surface area contributed by atoms with Gasteiger partial charge in [-0.1, -0.05) is 6.92 Å². The van der Waals surface area contributed by atoms with Crippen LogP contribution in [0.4, 0.5) is 0 Å². The van der Waals surface area contributed by atoms with Gasteiger partial charge in [-0.05, 0) is 6.42 Å². The molecule has 1 aliphatic heterocycles. The highest BCUT2D eigenvalue weighted by Gasteiger charge is 2.25. The molecule has 104 valence electrons. The summed E-state index contributed by atoms with van der Waals surface area (Å²) in [5, 5.41) is 13.3. The molecule has 1 saturated heterocycles. The van der Waals surface area contributed by atoms with E-state index in [1.54, 1.807) is 7.05 Å². The van der Waals surface area contributed by atoms with Gasteiger partial charge in [0.1, 0.15) is 6.54 Å². The summed E-state index contributed by atoms with van der Waals surface area (Å²) >= 11 is 0. The first-order valence-electron chi connectivity index (χ1n) is 6.09. The van der Waals surface area contributed by atoms with Crippen molar-refractivity contribution in [3.05, 3.63) is 0 Å². The number of β-amino-alcohol motifs (C(OH)–C–C–N with tert-alkyl or cyclic N) is 1. The summed E-state index contributed by atoms with van der Waals surface area (Å²) in [5.74, 6) is -0.383. The molecule has 1 aliphatic rings. The van der Waals surface area contributed by atoms with Gasteiger partial charge in [0, 0.05) is 13.6 Å². The zero-order valence-corrected chi connectivity index (χ0v) is 10.9. The lowest BCUT2D eigenvalue weighted by Gasteiger charge is -2.20. The lowest BCUT2D eigenvalue weighted by Crippen LogP contribution is -2.42. The van der Waals surface area contributed by atoms with E-state index in [9.17, 15) is 14.7 Å². The van der Waals surface area contributed by atoms with Crippen LogP contribution in [0.1, 0.15) is 13.3 Å². The van der Waals surface area contributed by atoms with Crippen molar-refractivity contribution in [1.29, 1.82) is 0 Å². The molecule has 0 aliphatic carbocycles. The van der Waals surface area contributed by atoms with Crippen LogP contribution in [0.3, 0.4) is 0 Å². The molecule has 7 heteroatoms. The van der Waals surface area contributed by atoms with E-state index in [0.29, 0.717) is 13.1 Å². The van der Waals surface area contributed by atoms with E-state index in [1.165, 1.54) is 9.96 Å². The van der Waals surface area contributed by atoms with Gasteiger partial charge in [-0.3, -0.25) is 14.4 Å². The molecule has 0 bridgehead atoms. The van der Waals surface area contributed by atoms with Gasteiger partial charge in [0.15, 0.2) is 0 Å². The highest BCUT2D eigenvalue weighted by atomic mass is 16.7. The van der Waals surface area contributed by atoms with Crippen molar-refractivity contribution in [3.8, 4) is 0 Å². The van der Waals surface area contributed by atoms with E-state index >= 15 is 0 Å². The molecule has 0 radical (unpaired) electrons. The van der Waals surface area contributed by atoms with E-state index in [1.807, 2.05) is 6.92 Å². The van der Waals surface area contributed by atoms with Gasteiger partial charge in [0.05, 0.1) is 25.8 Å². The lowest BCUT2D eigenvalue weighted by molar-refractivity contribution is -0.151. The van der Waals surface area contributed by atoms with Crippen LogP contribution in [-0.2, 0) is 14.4 Å². The van der Waals surface area contributed by atoms with Crippen LogP contribution in [0.25, 0.3) is 0 Å². The normalized spacial score (nSPS) is 19.8. The van der Waals surface area contributed by atoms with Gasteiger partial charge in [-0.25, -0.2) is 0 Å². The molecule has 2 amide bonds. The molecule has 2 N–H and O–H groups in total. The Balaban J connectivity index is 2.26. The maximum atomic E-state index is 11.8.